The SMILES string of the molecule is Cc1cc(C(/C=C(\F)c2ccc(C(=O)N[C@@H]3CON(CC(F)(F)F)C3=O)c(C(F)(F)F)c2)C(F)(F)F)cc(Cl)c1Cl. The van der Waals surface area contributed by atoms with Crippen LogP contribution in [0.15, 0.2) is 36.4 Å². The first kappa shape index (κ1) is 32.5. The summed E-state index contributed by atoms with van der Waals surface area (Å²) in [6.07, 6.45) is -15.3. The number of carbonyl (C=O) groups is 2. The first-order chi connectivity index (χ1) is 18.7. The summed E-state index contributed by atoms with van der Waals surface area (Å²) < 4.78 is 135. The largest absolute Gasteiger partial charge is 0.417 e. The Morgan fingerprint density at radius 3 is 2.27 bits per heavy atom. The highest BCUT2D eigenvalue weighted by Gasteiger charge is 2.43. The molecule has 1 fully saturated rings. The van der Waals surface area contributed by atoms with Crippen LogP contribution in [0, 0.1) is 6.92 Å². The third-order valence-corrected chi connectivity index (χ3v) is 6.57. The van der Waals surface area contributed by atoms with Gasteiger partial charge in [0.1, 0.15) is 30.9 Å². The van der Waals surface area contributed by atoms with Gasteiger partial charge in [-0.15, -0.1) is 0 Å². The van der Waals surface area contributed by atoms with Crippen LogP contribution in [-0.4, -0.2) is 48.4 Å². The predicted octanol–water partition coefficient (Wildman–Crippen LogP) is 7.41. The second-order valence-corrected chi connectivity index (χ2v) is 9.52. The van der Waals surface area contributed by atoms with Gasteiger partial charge in [0, 0.05) is 5.56 Å². The molecule has 1 heterocycles. The molecule has 1 aliphatic rings. The summed E-state index contributed by atoms with van der Waals surface area (Å²) in [4.78, 5) is 29.1. The highest BCUT2D eigenvalue weighted by molar-refractivity contribution is 6.42. The number of rotatable bonds is 6. The molecule has 1 aliphatic heterocycles. The number of nitrogens with zero attached hydrogens (tertiary/aromatic N) is 1. The number of benzene rings is 2. The Morgan fingerprint density at radius 2 is 1.73 bits per heavy atom. The van der Waals surface area contributed by atoms with Crippen LogP contribution in [0.25, 0.3) is 5.83 Å². The molecule has 5 nitrogen and oxygen atoms in total. The number of alkyl halides is 9. The van der Waals surface area contributed by atoms with Gasteiger partial charge in [-0.05, 0) is 42.3 Å². The Kier molecular flexibility index (Phi) is 9.25. The molecule has 224 valence electrons. The molecule has 2 aromatic carbocycles. The maximum atomic E-state index is 15.0. The Balaban J connectivity index is 1.95. The highest BCUT2D eigenvalue weighted by atomic mass is 35.5. The van der Waals surface area contributed by atoms with Crippen molar-refractivity contribution < 1.29 is 58.3 Å². The zero-order valence-electron chi connectivity index (χ0n) is 20.2. The van der Waals surface area contributed by atoms with Crippen molar-refractivity contribution in [3.05, 3.63) is 74.3 Å². The topological polar surface area (TPSA) is 58.6 Å². The van der Waals surface area contributed by atoms with Crippen LogP contribution in [0.1, 0.15) is 38.5 Å². The van der Waals surface area contributed by atoms with E-state index in [1.807, 2.05) is 5.32 Å². The number of aryl methyl sites for hydroxylation is 1. The van der Waals surface area contributed by atoms with Gasteiger partial charge in [0.2, 0.25) is 0 Å². The summed E-state index contributed by atoms with van der Waals surface area (Å²) in [6, 6.07) is 1.15. The van der Waals surface area contributed by atoms with Gasteiger partial charge < -0.3 is 5.32 Å². The third kappa shape index (κ3) is 7.83. The fourth-order valence-corrected chi connectivity index (χ4v) is 4.16. The van der Waals surface area contributed by atoms with Crippen LogP contribution in [0.5, 0.6) is 0 Å². The number of hydrogen-bond acceptors (Lipinski definition) is 3. The molecule has 17 heteroatoms. The van der Waals surface area contributed by atoms with Crippen LogP contribution >= 0.6 is 23.2 Å². The van der Waals surface area contributed by atoms with Crippen molar-refractivity contribution in [2.45, 2.75) is 37.4 Å². The molecule has 0 spiro atoms. The van der Waals surface area contributed by atoms with Crippen molar-refractivity contribution in [3.63, 3.8) is 0 Å². The summed E-state index contributed by atoms with van der Waals surface area (Å²) in [7, 11) is 0. The number of nitrogens with one attached hydrogen (secondary N) is 1. The standard InChI is InChI=1S/C24H16Cl2F10N2O3/c1-10-4-12(6-16(25)19(10)26)14(23(31,32)33)7-17(27)11-2-3-13(15(5-11)24(34,35)36)20(39)37-18-8-41-38(21(18)40)9-22(28,29)30/h2-7,14,18H,8-9H2,1H3,(H,37,39)/b17-7-/t14?,18-/m1/s1. The Labute approximate surface area is 234 Å². The number of carbonyl (C=O) groups excluding carboxylic acids is 2. The fraction of sp³-hybridized carbons (Fsp3) is 0.333. The molecule has 2 aromatic rings. The van der Waals surface area contributed by atoms with Gasteiger partial charge in [-0.2, -0.15) is 39.5 Å². The summed E-state index contributed by atoms with van der Waals surface area (Å²) in [6.45, 7) is -1.32. The van der Waals surface area contributed by atoms with Gasteiger partial charge in [-0.3, -0.25) is 14.4 Å². The van der Waals surface area contributed by atoms with Crippen LogP contribution < -0.4 is 5.32 Å². The lowest BCUT2D eigenvalue weighted by molar-refractivity contribution is -0.214. The van der Waals surface area contributed by atoms with Crippen LogP contribution in [0.2, 0.25) is 10.0 Å². The average molecular weight is 641 g/mol. The molecular weight excluding hydrogens is 625 g/mol. The van der Waals surface area contributed by atoms with E-state index in [0.717, 1.165) is 12.1 Å². The highest BCUT2D eigenvalue weighted by Crippen LogP contribution is 2.42. The van der Waals surface area contributed by atoms with Gasteiger partial charge in [0.05, 0.1) is 21.2 Å². The van der Waals surface area contributed by atoms with Gasteiger partial charge in [0.25, 0.3) is 11.8 Å². The molecule has 1 saturated heterocycles. The zero-order valence-corrected chi connectivity index (χ0v) is 21.8. The lowest BCUT2D eigenvalue weighted by Crippen LogP contribution is -2.44. The van der Waals surface area contributed by atoms with E-state index in [2.05, 4.69) is 4.84 Å². The number of hydroxylamine groups is 2. The minimum Gasteiger partial charge on any atom is -0.338 e. The van der Waals surface area contributed by atoms with Crippen LogP contribution in [-0.2, 0) is 15.8 Å². The van der Waals surface area contributed by atoms with E-state index in [1.165, 1.54) is 6.92 Å². The molecule has 0 bridgehead atoms. The van der Waals surface area contributed by atoms with E-state index in [-0.39, 0.29) is 32.8 Å². The summed E-state index contributed by atoms with van der Waals surface area (Å²) in [5.41, 5.74) is -4.36. The van der Waals surface area contributed by atoms with Crippen molar-refractivity contribution in [3.8, 4) is 0 Å². The molecule has 2 amide bonds. The van der Waals surface area contributed by atoms with Gasteiger partial charge in [0.15, 0.2) is 0 Å². The lowest BCUT2D eigenvalue weighted by Gasteiger charge is -2.20. The van der Waals surface area contributed by atoms with Crippen molar-refractivity contribution in [1.82, 2.24) is 10.4 Å². The second kappa shape index (κ2) is 11.7. The van der Waals surface area contributed by atoms with E-state index in [1.54, 1.807) is 0 Å². The van der Waals surface area contributed by atoms with Crippen LogP contribution in [0.3, 0.4) is 0 Å². The van der Waals surface area contributed by atoms with Crippen LogP contribution in [0.4, 0.5) is 43.9 Å². The van der Waals surface area contributed by atoms with Crippen molar-refractivity contribution >= 4 is 40.8 Å². The number of hydrogen-bond donors (Lipinski definition) is 1. The Hall–Kier alpha value is -3.04. The molecule has 0 aliphatic carbocycles. The quantitative estimate of drug-likeness (QED) is 0.335. The molecule has 0 saturated carbocycles. The van der Waals surface area contributed by atoms with E-state index in [4.69, 9.17) is 23.2 Å². The minimum atomic E-state index is -5.34. The smallest absolute Gasteiger partial charge is 0.338 e. The molecule has 1 N–H and O–H groups in total. The van der Waals surface area contributed by atoms with Gasteiger partial charge >= 0.3 is 18.5 Å². The maximum Gasteiger partial charge on any atom is 0.417 e. The first-order valence-corrected chi connectivity index (χ1v) is 11.9. The Morgan fingerprint density at radius 1 is 1.10 bits per heavy atom. The third-order valence-electron chi connectivity index (χ3n) is 5.67. The zero-order chi connectivity index (χ0) is 31.1. The maximum absolute atomic E-state index is 15.0. The molecule has 1 unspecified atom stereocenters. The molecule has 3 rings (SSSR count). The molecule has 0 radical (unpaired) electrons. The van der Waals surface area contributed by atoms with Gasteiger partial charge in [-0.25, -0.2) is 9.45 Å². The van der Waals surface area contributed by atoms with E-state index >= 15 is 4.39 Å². The van der Waals surface area contributed by atoms with Gasteiger partial charge in [-0.1, -0.05) is 35.3 Å². The molecule has 2 atom stereocenters. The summed E-state index contributed by atoms with van der Waals surface area (Å²) in [5.74, 6) is -7.34. The monoisotopic (exact) mass is 640 g/mol. The lowest BCUT2D eigenvalue weighted by atomic mass is 9.94. The average Bonchev–Trinajstić information content (AvgIpc) is 3.16. The summed E-state index contributed by atoms with van der Waals surface area (Å²) in [5, 5.41) is 1.36. The number of allylic oxidation sites excluding steroid dienone is 1. The van der Waals surface area contributed by atoms with E-state index in [9.17, 15) is 49.1 Å². The molecule has 41 heavy (non-hydrogen) atoms. The molecular formula is C24H16Cl2F10N2O3. The van der Waals surface area contributed by atoms with Crippen molar-refractivity contribution in [1.29, 1.82) is 0 Å². The normalized spacial score (nSPS) is 17.7. The van der Waals surface area contributed by atoms with E-state index < -0.39 is 83.5 Å². The van der Waals surface area contributed by atoms with E-state index in [0.29, 0.717) is 12.1 Å². The Bertz CT molecular complexity index is 1350. The minimum absolute atomic E-state index is 0.0258. The summed E-state index contributed by atoms with van der Waals surface area (Å²) >= 11 is 11.7. The molecule has 0 aromatic heterocycles. The number of amides is 2. The number of halogens is 12. The van der Waals surface area contributed by atoms with Crippen molar-refractivity contribution in [2.24, 2.45) is 0 Å². The first-order valence-electron chi connectivity index (χ1n) is 11.1. The van der Waals surface area contributed by atoms with Crippen molar-refractivity contribution in [2.75, 3.05) is 13.2 Å². The fourth-order valence-electron chi connectivity index (χ4n) is 3.78. The second-order valence-electron chi connectivity index (χ2n) is 8.74. The predicted molar refractivity (Wildman–Crippen MR) is 125 cm³/mol.